The Balaban J connectivity index is 1.54. The van der Waals surface area contributed by atoms with Crippen LogP contribution in [-0.2, 0) is 17.9 Å². The Kier molecular flexibility index (Phi) is 7.42. The quantitative estimate of drug-likeness (QED) is 0.302. The number of amides is 2. The monoisotopic (exact) mass is 543 g/mol. The minimum Gasteiger partial charge on any atom is -0.493 e. The molecule has 8 heteroatoms. The Morgan fingerprint density at radius 2 is 1.79 bits per heavy atom. The molecule has 2 amide bonds. The number of nitrogens with zero attached hydrogens (tertiary/aromatic N) is 1. The highest BCUT2D eigenvalue weighted by Crippen LogP contribution is 2.40. The summed E-state index contributed by atoms with van der Waals surface area (Å²) in [5, 5.41) is 0.181. The van der Waals surface area contributed by atoms with E-state index in [1.54, 1.807) is 37.5 Å². The lowest BCUT2D eigenvalue weighted by atomic mass is 10.1. The summed E-state index contributed by atoms with van der Waals surface area (Å²) < 4.78 is 12.2. The first-order chi connectivity index (χ1) is 16.0. The number of hydrogen-bond acceptors (Lipinski definition) is 5. The molecule has 0 unspecified atom stereocenters. The molecule has 0 atom stereocenters. The molecule has 1 saturated heterocycles. The number of carbonyl (C=O) groups excluding carboxylic acids is 2. The third-order valence-corrected chi connectivity index (χ3v) is 6.80. The summed E-state index contributed by atoms with van der Waals surface area (Å²) in [6.45, 7) is 0.511. The van der Waals surface area contributed by atoms with Crippen molar-refractivity contribution in [3.8, 4) is 11.5 Å². The first kappa shape index (κ1) is 23.4. The predicted octanol–water partition coefficient (Wildman–Crippen LogP) is 6.93. The Bertz CT molecular complexity index is 1230. The molecule has 1 fully saturated rings. The average Bonchev–Trinajstić information content (AvgIpc) is 3.07. The zero-order valence-electron chi connectivity index (χ0n) is 17.6. The van der Waals surface area contributed by atoms with Crippen molar-refractivity contribution in [3.63, 3.8) is 0 Å². The zero-order chi connectivity index (χ0) is 23.4. The number of benzene rings is 3. The molecule has 0 radical (unpaired) electrons. The van der Waals surface area contributed by atoms with Crippen LogP contribution in [0.2, 0.25) is 5.02 Å². The van der Waals surface area contributed by atoms with Crippen LogP contribution in [-0.4, -0.2) is 23.2 Å². The van der Waals surface area contributed by atoms with E-state index in [0.29, 0.717) is 43.6 Å². The number of thioether (sulfide) groups is 1. The maximum Gasteiger partial charge on any atom is 0.293 e. The van der Waals surface area contributed by atoms with Crippen molar-refractivity contribution < 1.29 is 19.1 Å². The molecule has 0 saturated carbocycles. The molecule has 4 rings (SSSR count). The Morgan fingerprint density at radius 3 is 2.52 bits per heavy atom. The van der Waals surface area contributed by atoms with Crippen molar-refractivity contribution >= 4 is 56.5 Å². The molecule has 1 aliphatic rings. The van der Waals surface area contributed by atoms with E-state index in [1.165, 1.54) is 4.90 Å². The molecule has 0 aromatic heterocycles. The Morgan fingerprint density at radius 1 is 1.06 bits per heavy atom. The fraction of sp³-hybridized carbons (Fsp3) is 0.120. The fourth-order valence-corrected chi connectivity index (χ4v) is 4.89. The minimum atomic E-state index is -0.357. The molecule has 0 spiro atoms. The second kappa shape index (κ2) is 10.5. The standard InChI is InChI=1S/C25H19BrClNO4S/c1-31-21-12-17(11-19(26)23(21)32-15-16-7-3-2-4-8-16)13-22-24(29)28(25(30)33-22)14-18-9-5-6-10-20(18)27/h2-13H,14-15H2,1H3/b22-13+. The van der Waals surface area contributed by atoms with Crippen LogP contribution in [0, 0.1) is 0 Å². The van der Waals surface area contributed by atoms with E-state index in [2.05, 4.69) is 15.9 Å². The second-order valence-electron chi connectivity index (χ2n) is 7.17. The number of hydrogen-bond donors (Lipinski definition) is 0. The van der Waals surface area contributed by atoms with Gasteiger partial charge in [0.15, 0.2) is 11.5 Å². The lowest BCUT2D eigenvalue weighted by molar-refractivity contribution is -0.123. The normalized spacial score (nSPS) is 14.8. The van der Waals surface area contributed by atoms with Gasteiger partial charge in [-0.1, -0.05) is 60.1 Å². The van der Waals surface area contributed by atoms with Crippen LogP contribution in [0.15, 0.2) is 76.1 Å². The first-order valence-corrected chi connectivity index (χ1v) is 12.0. The highest BCUT2D eigenvalue weighted by molar-refractivity contribution is 9.10. The van der Waals surface area contributed by atoms with Crippen LogP contribution in [0.1, 0.15) is 16.7 Å². The zero-order valence-corrected chi connectivity index (χ0v) is 20.7. The van der Waals surface area contributed by atoms with Crippen molar-refractivity contribution in [2.24, 2.45) is 0 Å². The van der Waals surface area contributed by atoms with Gasteiger partial charge in [-0.3, -0.25) is 14.5 Å². The number of imide groups is 1. The van der Waals surface area contributed by atoms with Crippen molar-refractivity contribution in [1.82, 2.24) is 4.90 Å². The summed E-state index contributed by atoms with van der Waals surface area (Å²) in [6, 6.07) is 20.6. The number of rotatable bonds is 7. The molecule has 5 nitrogen and oxygen atoms in total. The summed E-state index contributed by atoms with van der Waals surface area (Å²) in [5.41, 5.74) is 2.45. The van der Waals surface area contributed by atoms with Gasteiger partial charge in [0.1, 0.15) is 6.61 Å². The summed E-state index contributed by atoms with van der Waals surface area (Å²) in [5.74, 6) is 0.719. The largest absolute Gasteiger partial charge is 0.493 e. The van der Waals surface area contributed by atoms with Gasteiger partial charge in [-0.25, -0.2) is 0 Å². The van der Waals surface area contributed by atoms with Gasteiger partial charge >= 0.3 is 0 Å². The summed E-state index contributed by atoms with van der Waals surface area (Å²) in [4.78, 5) is 26.9. The van der Waals surface area contributed by atoms with Crippen molar-refractivity contribution in [2.75, 3.05) is 7.11 Å². The molecule has 33 heavy (non-hydrogen) atoms. The van der Waals surface area contributed by atoms with Crippen LogP contribution in [0.4, 0.5) is 4.79 Å². The highest BCUT2D eigenvalue weighted by atomic mass is 79.9. The maximum absolute atomic E-state index is 12.9. The molecule has 0 bridgehead atoms. The van der Waals surface area contributed by atoms with Crippen LogP contribution < -0.4 is 9.47 Å². The van der Waals surface area contributed by atoms with Gasteiger partial charge in [0, 0.05) is 5.02 Å². The maximum atomic E-state index is 12.9. The molecule has 0 aliphatic carbocycles. The molecular weight excluding hydrogens is 526 g/mol. The van der Waals surface area contributed by atoms with Gasteiger partial charge in [0.2, 0.25) is 0 Å². The van der Waals surface area contributed by atoms with Crippen LogP contribution >= 0.6 is 39.3 Å². The molecule has 3 aromatic carbocycles. The molecule has 168 valence electrons. The third kappa shape index (κ3) is 5.43. The van der Waals surface area contributed by atoms with Crippen LogP contribution in [0.5, 0.6) is 11.5 Å². The van der Waals surface area contributed by atoms with Gasteiger partial charge in [0.25, 0.3) is 11.1 Å². The average molecular weight is 545 g/mol. The van der Waals surface area contributed by atoms with Gasteiger partial charge in [-0.05, 0) is 68.7 Å². The Labute approximate surface area is 209 Å². The number of methoxy groups -OCH3 is 1. The minimum absolute atomic E-state index is 0.126. The van der Waals surface area contributed by atoms with E-state index in [-0.39, 0.29) is 17.7 Å². The molecular formula is C25H19BrClNO4S. The van der Waals surface area contributed by atoms with Crippen LogP contribution in [0.25, 0.3) is 6.08 Å². The van der Waals surface area contributed by atoms with E-state index in [0.717, 1.165) is 17.3 Å². The summed E-state index contributed by atoms with van der Waals surface area (Å²) in [7, 11) is 1.55. The molecule has 1 heterocycles. The lowest BCUT2D eigenvalue weighted by Gasteiger charge is -2.14. The molecule has 3 aromatic rings. The van der Waals surface area contributed by atoms with Crippen LogP contribution in [0.3, 0.4) is 0 Å². The Hall–Kier alpha value is -2.74. The van der Waals surface area contributed by atoms with Gasteiger partial charge in [-0.15, -0.1) is 0 Å². The van der Waals surface area contributed by atoms with E-state index < -0.39 is 0 Å². The fourth-order valence-electron chi connectivity index (χ4n) is 3.28. The predicted molar refractivity (Wildman–Crippen MR) is 134 cm³/mol. The first-order valence-electron chi connectivity index (χ1n) is 9.99. The third-order valence-electron chi connectivity index (χ3n) is 4.94. The van der Waals surface area contributed by atoms with E-state index in [4.69, 9.17) is 21.1 Å². The smallest absolute Gasteiger partial charge is 0.293 e. The van der Waals surface area contributed by atoms with E-state index in [9.17, 15) is 9.59 Å². The number of halogens is 2. The van der Waals surface area contributed by atoms with Gasteiger partial charge in [-0.2, -0.15) is 0 Å². The number of ether oxygens (including phenoxy) is 2. The van der Waals surface area contributed by atoms with Gasteiger partial charge < -0.3 is 9.47 Å². The molecule has 0 N–H and O–H groups in total. The topological polar surface area (TPSA) is 55.8 Å². The highest BCUT2D eigenvalue weighted by Gasteiger charge is 2.35. The summed E-state index contributed by atoms with van der Waals surface area (Å²) >= 11 is 10.6. The second-order valence-corrected chi connectivity index (χ2v) is 9.42. The van der Waals surface area contributed by atoms with E-state index >= 15 is 0 Å². The van der Waals surface area contributed by atoms with E-state index in [1.807, 2.05) is 42.5 Å². The van der Waals surface area contributed by atoms with Crippen molar-refractivity contribution in [1.29, 1.82) is 0 Å². The summed E-state index contributed by atoms with van der Waals surface area (Å²) in [6.07, 6.45) is 1.67. The SMILES string of the molecule is COc1cc(/C=C2/SC(=O)N(Cc3ccccc3Cl)C2=O)cc(Br)c1OCc1ccccc1. The lowest BCUT2D eigenvalue weighted by Crippen LogP contribution is -2.27. The van der Waals surface area contributed by atoms with Crippen molar-refractivity contribution in [2.45, 2.75) is 13.2 Å². The number of carbonyl (C=O) groups is 2. The molecule has 1 aliphatic heterocycles. The van der Waals surface area contributed by atoms with Gasteiger partial charge in [0.05, 0.1) is 23.0 Å². The van der Waals surface area contributed by atoms with Crippen molar-refractivity contribution in [3.05, 3.63) is 97.8 Å².